The van der Waals surface area contributed by atoms with E-state index in [-0.39, 0.29) is 106 Å². The van der Waals surface area contributed by atoms with Crippen molar-refractivity contribution < 1.29 is 30.2 Å². The average molecular weight is 1580 g/mol. The van der Waals surface area contributed by atoms with E-state index in [4.69, 9.17) is 5.48 Å². The van der Waals surface area contributed by atoms with E-state index < -0.39 is 167 Å². The number of hydrogen-bond donors (Lipinski definition) is 0. The van der Waals surface area contributed by atoms with Crippen LogP contribution in [0.25, 0.3) is 148 Å². The van der Waals surface area contributed by atoms with E-state index in [9.17, 15) is 24.7 Å². The normalized spacial score (nSPS) is 15.7. The van der Waals surface area contributed by atoms with Crippen LogP contribution >= 0.6 is 11.3 Å². The Morgan fingerprint density at radius 2 is 0.727 bits per heavy atom. The van der Waals surface area contributed by atoms with Crippen molar-refractivity contribution in [2.75, 3.05) is 9.80 Å². The zero-order valence-corrected chi connectivity index (χ0v) is 64.4. The van der Waals surface area contributed by atoms with Crippen molar-refractivity contribution in [2.45, 2.75) is 52.4 Å². The van der Waals surface area contributed by atoms with Gasteiger partial charge in [0.15, 0.2) is 0 Å². The Balaban J connectivity index is 1.01. The second-order valence-electron chi connectivity index (χ2n) is 30.2. The molecule has 0 atom stereocenters. The number of aromatic nitrogens is 2. The van der Waals surface area contributed by atoms with Crippen LogP contribution in [0.5, 0.6) is 0 Å². The molecule has 0 saturated heterocycles. The van der Waals surface area contributed by atoms with Crippen LogP contribution in [0.2, 0.25) is 0 Å². The number of hydrogen-bond acceptors (Lipinski definition) is 3. The summed E-state index contributed by atoms with van der Waals surface area (Å²) in [7, 11) is 0. The predicted molar refractivity (Wildman–Crippen MR) is 476 cm³/mol. The van der Waals surface area contributed by atoms with E-state index in [0.717, 1.165) is 31.3 Å². The fourth-order valence-electron chi connectivity index (χ4n) is 16.6. The van der Waals surface area contributed by atoms with E-state index in [1.165, 1.54) is 9.13 Å². The van der Waals surface area contributed by atoms with Gasteiger partial charge in [0.25, 0.3) is 0 Å². The standard InChI is InChI=1S/C102H73BN4SSe2/c1-101(2,3)68-56-77(62-29-11-7-12-30-62)97(78(57-68)63-31-13-8-14-32-63)106-86-60-70(104-84-42-24-19-38-73(84)94-75-40-22-27-45-92(75)109-99(94)104)48-50-82(86)103-83-51-49-71(105-85-43-25-20-39-74(85)95-76-41-23-28-46-93(76)110-100(95)105)61-87(83)107(89-55-67(54-88(106)96(89)103)66-47-52-91-81(53-66)72-37-21-26-44-90(72)108-91)98-79(64-33-15-9-16-34-64)58-69(102(4,5)6)59-80(98)65-35-17-10-18-36-65/h7-61H,1-6H3/i19D,20D,22D,23D,24D,25D,27D,28D,38D,39D,40D,41D,42D,43D,45D,46D,48D,49D,50D,51D,60D,61D. The molecule has 0 fully saturated rings. The Morgan fingerprint density at radius 1 is 0.336 bits per heavy atom. The molecule has 0 saturated carbocycles. The van der Waals surface area contributed by atoms with E-state index >= 15 is 0 Å². The molecule has 7 heterocycles. The molecule has 0 aliphatic carbocycles. The SMILES string of the molecule is [2H]c1c([2H])c(-n2c3[se]c4c([2H])c([2H])c([2H])c([2H])c4c3c3c([2H])c([2H])c([2H])c([2H])c32)c([2H])c2c1B1c3c(cc(-c4ccc5sc6ccccc6c5c4)cc3N(c3c(-c4ccccc4)cc(C(C)(C)C)cc3-c3ccccc3)c3c([2H])c(-n4c5[se]c6c([2H])c([2H])c([2H])c([2H])c6c5c5c([2H])c([2H])c([2H])c([2H])c54)c([2H])c([2H])c31)N2c1c(-c2ccccc2)cc(C(C)(C)C)cc1-c1ccccc1. The monoisotopic (exact) mass is 1580 g/mol. The summed E-state index contributed by atoms with van der Waals surface area (Å²) in [6.45, 7) is 11.1. The Labute approximate surface area is 687 Å². The van der Waals surface area contributed by atoms with Crippen molar-refractivity contribution in [3.63, 3.8) is 0 Å². The predicted octanol–water partition coefficient (Wildman–Crippen LogP) is 25.7. The molecular weight excluding hydrogens is 1480 g/mol. The molecule has 0 spiro atoms. The third-order valence-corrected chi connectivity index (χ3v) is 27.5. The van der Waals surface area contributed by atoms with Crippen LogP contribution in [-0.2, 0) is 10.8 Å². The fraction of sp³-hybridized carbons (Fsp3) is 0.0784. The maximum absolute atomic E-state index is 12.1. The Kier molecular flexibility index (Phi) is 10.6. The van der Waals surface area contributed by atoms with Gasteiger partial charge < -0.3 is 0 Å². The van der Waals surface area contributed by atoms with Crippen molar-refractivity contribution in [2.24, 2.45) is 0 Å². The summed E-state index contributed by atoms with van der Waals surface area (Å²) in [5.41, 5.74) is 7.66. The number of benzene rings is 15. The quantitative estimate of drug-likeness (QED) is 0.134. The van der Waals surface area contributed by atoms with Crippen LogP contribution in [0.15, 0.2) is 333 Å². The van der Waals surface area contributed by atoms with Gasteiger partial charge in [0.2, 0.25) is 0 Å². The first-order chi connectivity index (χ1) is 63.0. The number of rotatable bonds is 9. The summed E-state index contributed by atoms with van der Waals surface area (Å²) < 4.78 is 228. The molecule has 2 aliphatic heterocycles. The number of para-hydroxylation sites is 2. The summed E-state index contributed by atoms with van der Waals surface area (Å²) in [6.07, 6.45) is 0. The molecule has 15 aromatic carbocycles. The molecule has 4 nitrogen and oxygen atoms in total. The van der Waals surface area contributed by atoms with Gasteiger partial charge in [0, 0.05) is 14.8 Å². The number of thiophene rings is 1. The van der Waals surface area contributed by atoms with Gasteiger partial charge in [-0.3, -0.25) is 0 Å². The van der Waals surface area contributed by atoms with E-state index in [1.807, 2.05) is 155 Å². The van der Waals surface area contributed by atoms with Gasteiger partial charge in [-0.05, 0) is 6.07 Å². The molecule has 0 radical (unpaired) electrons. The van der Waals surface area contributed by atoms with E-state index in [2.05, 4.69) is 96.1 Å². The van der Waals surface area contributed by atoms with Crippen LogP contribution in [0, 0.1) is 0 Å². The van der Waals surface area contributed by atoms with Crippen molar-refractivity contribution in [1.29, 1.82) is 0 Å². The van der Waals surface area contributed by atoms with Crippen LogP contribution in [-0.4, -0.2) is 44.9 Å². The van der Waals surface area contributed by atoms with Gasteiger partial charge >= 0.3 is 641 Å². The second kappa shape index (κ2) is 24.9. The second-order valence-corrected chi connectivity index (χ2v) is 35.5. The van der Waals surface area contributed by atoms with E-state index in [1.54, 1.807) is 11.3 Å². The Morgan fingerprint density at radius 3 is 1.16 bits per heavy atom. The Bertz CT molecular complexity index is 8040. The maximum atomic E-state index is 12.1. The van der Waals surface area contributed by atoms with Crippen LogP contribution in [0.1, 0.15) is 82.8 Å². The van der Waals surface area contributed by atoms with Gasteiger partial charge in [-0.15, -0.1) is 11.3 Å². The third-order valence-electron chi connectivity index (χ3n) is 21.8. The minimum absolute atomic E-state index is 0.00724. The molecule has 20 aromatic rings. The van der Waals surface area contributed by atoms with Gasteiger partial charge in [-0.1, -0.05) is 18.2 Å². The fourth-order valence-corrected chi connectivity index (χ4v) is 22.4. The number of nitrogens with zero attached hydrogens (tertiary/aromatic N) is 4. The van der Waals surface area contributed by atoms with Crippen LogP contribution < -0.4 is 26.2 Å². The minimum atomic E-state index is -1.61. The molecule has 0 N–H and O–H groups in total. The molecule has 5 aromatic heterocycles. The number of fused-ring (bicyclic) bond motifs is 17. The van der Waals surface area contributed by atoms with Crippen LogP contribution in [0.4, 0.5) is 34.1 Å². The van der Waals surface area contributed by atoms with Crippen LogP contribution in [0.3, 0.4) is 0 Å². The Hall–Kier alpha value is -11.7. The van der Waals surface area contributed by atoms with Crippen molar-refractivity contribution in [3.8, 4) is 67.0 Å². The molecule has 0 unspecified atom stereocenters. The average Bonchev–Trinajstić information content (AvgIpc) is 0.674. The molecule has 22 rings (SSSR count). The molecule has 110 heavy (non-hydrogen) atoms. The summed E-state index contributed by atoms with van der Waals surface area (Å²) in [5.74, 6) is 0. The molecular formula is C102H73BN4SSe2. The van der Waals surface area contributed by atoms with Gasteiger partial charge in [-0.2, -0.15) is 0 Å². The zero-order chi connectivity index (χ0) is 92.6. The van der Waals surface area contributed by atoms with E-state index in [0.29, 0.717) is 83.8 Å². The first kappa shape index (κ1) is 46.6. The van der Waals surface area contributed by atoms with Gasteiger partial charge in [0.1, 0.15) is 0 Å². The van der Waals surface area contributed by atoms with Gasteiger partial charge in [0.05, 0.1) is 0 Å². The summed E-state index contributed by atoms with van der Waals surface area (Å²) in [4.78, 5) is 3.96. The molecule has 522 valence electrons. The molecule has 2 aliphatic rings. The molecule has 0 amide bonds. The summed E-state index contributed by atoms with van der Waals surface area (Å²) >= 11 is -0.832. The summed E-state index contributed by atoms with van der Waals surface area (Å²) in [6, 6.07) is 53.8. The molecule has 8 heteroatoms. The first-order valence-corrected chi connectivity index (χ1v) is 40.7. The van der Waals surface area contributed by atoms with Crippen molar-refractivity contribution in [3.05, 3.63) is 344 Å². The van der Waals surface area contributed by atoms with Crippen molar-refractivity contribution in [1.82, 2.24) is 9.13 Å². The van der Waals surface area contributed by atoms with Crippen molar-refractivity contribution >= 4 is 178 Å². The molecule has 0 bridgehead atoms. The first-order valence-electron chi connectivity index (χ1n) is 47.4. The summed E-state index contributed by atoms with van der Waals surface area (Å²) in [5, 5.41) is 1.72. The zero-order valence-electron chi connectivity index (χ0n) is 82.1. The topological polar surface area (TPSA) is 16.3 Å². The van der Waals surface area contributed by atoms with Gasteiger partial charge in [-0.25, -0.2) is 0 Å². The third kappa shape index (κ3) is 10.1. The number of anilines is 6.